The summed E-state index contributed by atoms with van der Waals surface area (Å²) in [5, 5.41) is 3.13. The fourth-order valence-electron chi connectivity index (χ4n) is 2.00. The van der Waals surface area contributed by atoms with Crippen molar-refractivity contribution in [1.29, 1.82) is 0 Å². The molecule has 2 rings (SSSR count). The summed E-state index contributed by atoms with van der Waals surface area (Å²) < 4.78 is 1.06. The third-order valence-corrected chi connectivity index (χ3v) is 4.74. The summed E-state index contributed by atoms with van der Waals surface area (Å²) in [5.74, 6) is 0.0651. The van der Waals surface area contributed by atoms with Crippen molar-refractivity contribution in [3.05, 3.63) is 32.9 Å². The van der Waals surface area contributed by atoms with E-state index < -0.39 is 0 Å². The van der Waals surface area contributed by atoms with E-state index in [2.05, 4.69) is 34.8 Å². The van der Waals surface area contributed by atoms with Crippen LogP contribution in [0.4, 0.5) is 0 Å². The Labute approximate surface area is 110 Å². The standard InChI is InChI=1S/C13H16INO/c1-9-5-3-6-10(11(9)14)12(16)15-13(2)7-4-8-13/h3,5-6H,4,7-8H2,1-2H3,(H,15,16). The van der Waals surface area contributed by atoms with Gasteiger partial charge in [0.1, 0.15) is 0 Å². The van der Waals surface area contributed by atoms with Crippen molar-refractivity contribution < 1.29 is 4.79 Å². The molecule has 3 heteroatoms. The van der Waals surface area contributed by atoms with E-state index >= 15 is 0 Å². The lowest BCUT2D eigenvalue weighted by molar-refractivity contribution is 0.0849. The maximum Gasteiger partial charge on any atom is 0.252 e. The average molecular weight is 329 g/mol. The Morgan fingerprint density at radius 2 is 2.12 bits per heavy atom. The van der Waals surface area contributed by atoms with Crippen LogP contribution in [-0.2, 0) is 0 Å². The molecule has 0 heterocycles. The quantitative estimate of drug-likeness (QED) is 0.829. The van der Waals surface area contributed by atoms with E-state index in [4.69, 9.17) is 0 Å². The van der Waals surface area contributed by atoms with Gasteiger partial charge in [-0.3, -0.25) is 4.79 Å². The van der Waals surface area contributed by atoms with Gasteiger partial charge in [0.2, 0.25) is 0 Å². The molecule has 0 bridgehead atoms. The van der Waals surface area contributed by atoms with Crippen LogP contribution in [0.2, 0.25) is 0 Å². The van der Waals surface area contributed by atoms with Crippen LogP contribution in [0.3, 0.4) is 0 Å². The first-order chi connectivity index (χ1) is 7.52. The summed E-state index contributed by atoms with van der Waals surface area (Å²) in [7, 11) is 0. The van der Waals surface area contributed by atoms with E-state index in [1.165, 1.54) is 6.42 Å². The van der Waals surface area contributed by atoms with Gasteiger partial charge in [-0.1, -0.05) is 12.1 Å². The second-order valence-electron chi connectivity index (χ2n) is 4.80. The first-order valence-electron chi connectivity index (χ1n) is 5.59. The Morgan fingerprint density at radius 1 is 1.44 bits per heavy atom. The van der Waals surface area contributed by atoms with Gasteiger partial charge in [0, 0.05) is 9.11 Å². The molecule has 0 aromatic heterocycles. The summed E-state index contributed by atoms with van der Waals surface area (Å²) in [5.41, 5.74) is 1.99. The predicted octanol–water partition coefficient (Wildman–Crippen LogP) is 3.27. The van der Waals surface area contributed by atoms with Gasteiger partial charge in [-0.25, -0.2) is 0 Å². The number of carbonyl (C=O) groups excluding carboxylic acids is 1. The minimum atomic E-state index is 0.0317. The Morgan fingerprint density at radius 3 is 2.69 bits per heavy atom. The summed E-state index contributed by atoms with van der Waals surface area (Å²) >= 11 is 2.24. The Hall–Kier alpha value is -0.580. The number of benzene rings is 1. The van der Waals surface area contributed by atoms with Crippen LogP contribution in [0.25, 0.3) is 0 Å². The number of aryl methyl sites for hydroxylation is 1. The predicted molar refractivity (Wildman–Crippen MR) is 73.6 cm³/mol. The van der Waals surface area contributed by atoms with Gasteiger partial charge in [0.25, 0.3) is 5.91 Å². The molecule has 1 fully saturated rings. The van der Waals surface area contributed by atoms with Gasteiger partial charge in [-0.15, -0.1) is 0 Å². The second-order valence-corrected chi connectivity index (χ2v) is 5.88. The van der Waals surface area contributed by atoms with Crippen LogP contribution >= 0.6 is 22.6 Å². The summed E-state index contributed by atoms with van der Waals surface area (Å²) in [6.45, 7) is 4.15. The molecule has 0 radical (unpaired) electrons. The largest absolute Gasteiger partial charge is 0.347 e. The molecular formula is C13H16INO. The Bertz CT molecular complexity index is 424. The van der Waals surface area contributed by atoms with Crippen molar-refractivity contribution in [3.63, 3.8) is 0 Å². The van der Waals surface area contributed by atoms with E-state index in [9.17, 15) is 4.79 Å². The maximum atomic E-state index is 12.1. The van der Waals surface area contributed by atoms with Crippen LogP contribution in [0.1, 0.15) is 42.1 Å². The summed E-state index contributed by atoms with van der Waals surface area (Å²) in [4.78, 5) is 12.1. The normalized spacial score (nSPS) is 17.7. The summed E-state index contributed by atoms with van der Waals surface area (Å²) in [6.07, 6.45) is 3.42. The molecule has 1 aromatic carbocycles. The fraction of sp³-hybridized carbons (Fsp3) is 0.462. The number of nitrogens with one attached hydrogen (secondary N) is 1. The molecule has 1 saturated carbocycles. The zero-order valence-electron chi connectivity index (χ0n) is 9.64. The van der Waals surface area contributed by atoms with Crippen LogP contribution in [-0.4, -0.2) is 11.4 Å². The van der Waals surface area contributed by atoms with E-state index in [-0.39, 0.29) is 11.4 Å². The van der Waals surface area contributed by atoms with Crippen molar-refractivity contribution in [2.45, 2.75) is 38.6 Å². The molecule has 0 saturated heterocycles. The molecule has 1 amide bonds. The summed E-state index contributed by atoms with van der Waals surface area (Å²) in [6, 6.07) is 5.87. The van der Waals surface area contributed by atoms with Gasteiger partial charge in [0.15, 0.2) is 0 Å². The molecule has 0 aliphatic heterocycles. The minimum absolute atomic E-state index is 0.0317. The molecule has 86 valence electrons. The number of hydrogen-bond donors (Lipinski definition) is 1. The van der Waals surface area contributed by atoms with E-state index in [0.29, 0.717) is 0 Å². The van der Waals surface area contributed by atoms with Gasteiger partial charge >= 0.3 is 0 Å². The van der Waals surface area contributed by atoms with Gasteiger partial charge < -0.3 is 5.32 Å². The second kappa shape index (κ2) is 4.35. The van der Waals surface area contributed by atoms with Gasteiger partial charge in [0.05, 0.1) is 5.56 Å². The van der Waals surface area contributed by atoms with Crippen molar-refractivity contribution in [2.75, 3.05) is 0 Å². The lowest BCUT2D eigenvalue weighted by Crippen LogP contribution is -2.51. The van der Waals surface area contributed by atoms with Crippen LogP contribution in [0.15, 0.2) is 18.2 Å². The van der Waals surface area contributed by atoms with Crippen molar-refractivity contribution in [2.24, 2.45) is 0 Å². The number of carbonyl (C=O) groups is 1. The van der Waals surface area contributed by atoms with Crippen LogP contribution in [0.5, 0.6) is 0 Å². The van der Waals surface area contributed by atoms with Crippen LogP contribution < -0.4 is 5.32 Å². The number of rotatable bonds is 2. The fourth-order valence-corrected chi connectivity index (χ4v) is 2.60. The minimum Gasteiger partial charge on any atom is -0.347 e. The molecular weight excluding hydrogens is 313 g/mol. The highest BCUT2D eigenvalue weighted by Crippen LogP contribution is 2.31. The number of halogens is 1. The van der Waals surface area contributed by atoms with Crippen molar-refractivity contribution >= 4 is 28.5 Å². The van der Waals surface area contributed by atoms with Crippen LogP contribution in [0, 0.1) is 10.5 Å². The molecule has 0 spiro atoms. The molecule has 1 N–H and O–H groups in total. The zero-order chi connectivity index (χ0) is 11.8. The van der Waals surface area contributed by atoms with Gasteiger partial charge in [-0.2, -0.15) is 0 Å². The van der Waals surface area contributed by atoms with E-state index in [0.717, 1.165) is 27.5 Å². The Balaban J connectivity index is 2.17. The number of hydrogen-bond acceptors (Lipinski definition) is 1. The van der Waals surface area contributed by atoms with Crippen molar-refractivity contribution in [3.8, 4) is 0 Å². The molecule has 0 atom stereocenters. The maximum absolute atomic E-state index is 12.1. The molecule has 1 aliphatic rings. The highest BCUT2D eigenvalue weighted by atomic mass is 127. The van der Waals surface area contributed by atoms with E-state index in [1.807, 2.05) is 25.1 Å². The first-order valence-corrected chi connectivity index (χ1v) is 6.67. The lowest BCUT2D eigenvalue weighted by Gasteiger charge is -2.39. The molecule has 0 unspecified atom stereocenters. The molecule has 16 heavy (non-hydrogen) atoms. The smallest absolute Gasteiger partial charge is 0.252 e. The lowest BCUT2D eigenvalue weighted by atomic mass is 9.78. The third kappa shape index (κ3) is 2.24. The average Bonchev–Trinajstić information content (AvgIpc) is 2.19. The highest BCUT2D eigenvalue weighted by molar-refractivity contribution is 14.1. The first kappa shape index (κ1) is 11.9. The van der Waals surface area contributed by atoms with E-state index in [1.54, 1.807) is 0 Å². The van der Waals surface area contributed by atoms with Gasteiger partial charge in [-0.05, 0) is 67.3 Å². The molecule has 1 aliphatic carbocycles. The monoisotopic (exact) mass is 329 g/mol. The number of amides is 1. The highest BCUT2D eigenvalue weighted by Gasteiger charge is 2.33. The third-order valence-electron chi connectivity index (χ3n) is 3.31. The Kier molecular flexibility index (Phi) is 3.24. The topological polar surface area (TPSA) is 29.1 Å². The molecule has 2 nitrogen and oxygen atoms in total. The SMILES string of the molecule is Cc1cccc(C(=O)NC2(C)CCC2)c1I. The zero-order valence-corrected chi connectivity index (χ0v) is 11.8. The van der Waals surface area contributed by atoms with Crippen molar-refractivity contribution in [1.82, 2.24) is 5.32 Å². The molecule has 1 aromatic rings.